The van der Waals surface area contributed by atoms with Gasteiger partial charge < -0.3 is 8.83 Å². The fourth-order valence-corrected chi connectivity index (χ4v) is 7.16. The van der Waals surface area contributed by atoms with Gasteiger partial charge in [0.1, 0.15) is 17.3 Å². The zero-order valence-corrected chi connectivity index (χ0v) is 23.7. The Morgan fingerprint density at radius 1 is 1.13 bits per heavy atom. The zero-order valence-electron chi connectivity index (χ0n) is 21.3. The van der Waals surface area contributed by atoms with E-state index >= 15 is 0 Å². The van der Waals surface area contributed by atoms with Crippen molar-refractivity contribution in [2.24, 2.45) is 27.0 Å². The summed E-state index contributed by atoms with van der Waals surface area (Å²) >= 11 is 13.8. The summed E-state index contributed by atoms with van der Waals surface area (Å²) in [5.41, 5.74) is 2.05. The van der Waals surface area contributed by atoms with Crippen LogP contribution >= 0.6 is 35.0 Å². The molecule has 2 saturated carbocycles. The summed E-state index contributed by atoms with van der Waals surface area (Å²) < 4.78 is 11.5. The Balaban J connectivity index is 1.31. The summed E-state index contributed by atoms with van der Waals surface area (Å²) in [5, 5.41) is 10.8. The summed E-state index contributed by atoms with van der Waals surface area (Å²) in [7, 11) is 0. The van der Waals surface area contributed by atoms with Crippen molar-refractivity contribution >= 4 is 57.8 Å². The number of carbonyl (C=O) groups excluding carboxylic acids is 1. The Bertz CT molecular complexity index is 1500. The Labute approximate surface area is 235 Å². The smallest absolute Gasteiger partial charge is 0.267 e. The van der Waals surface area contributed by atoms with Gasteiger partial charge in [-0.3, -0.25) is 9.69 Å². The fourth-order valence-electron chi connectivity index (χ4n) is 5.86. The van der Waals surface area contributed by atoms with E-state index in [-0.39, 0.29) is 23.3 Å². The van der Waals surface area contributed by atoms with Gasteiger partial charge in [-0.25, -0.2) is 0 Å². The van der Waals surface area contributed by atoms with Crippen LogP contribution in [0.3, 0.4) is 0 Å². The molecule has 196 valence electrons. The van der Waals surface area contributed by atoms with Crippen molar-refractivity contribution in [3.8, 4) is 11.3 Å². The lowest BCUT2D eigenvalue weighted by Gasteiger charge is -2.34. The minimum Gasteiger partial charge on any atom is -0.467 e. The number of hydrogen-bond donors (Lipinski definition) is 0. The zero-order chi connectivity index (χ0) is 26.7. The minimum absolute atomic E-state index is 0.0334. The first-order valence-corrected chi connectivity index (χ1v) is 14.2. The molecule has 0 radical (unpaired) electrons. The lowest BCUT2D eigenvalue weighted by molar-refractivity contribution is -0.122. The highest BCUT2D eigenvalue weighted by Gasteiger charge is 2.60. The highest BCUT2D eigenvalue weighted by atomic mass is 35.5. The quantitative estimate of drug-likeness (QED) is 0.229. The molecule has 38 heavy (non-hydrogen) atoms. The number of amidine groups is 1. The van der Waals surface area contributed by atoms with E-state index in [0.717, 1.165) is 18.6 Å². The molecule has 3 aromatic rings. The molecule has 3 aliphatic rings. The predicted molar refractivity (Wildman–Crippen MR) is 153 cm³/mol. The number of nitrogens with zero attached hydrogens (tertiary/aromatic N) is 3. The normalized spacial score (nSPS) is 27.5. The van der Waals surface area contributed by atoms with Crippen molar-refractivity contribution in [1.29, 1.82) is 0 Å². The van der Waals surface area contributed by atoms with E-state index < -0.39 is 0 Å². The Morgan fingerprint density at radius 3 is 2.68 bits per heavy atom. The number of halogens is 2. The van der Waals surface area contributed by atoms with Gasteiger partial charge in [-0.1, -0.05) is 50.0 Å². The van der Waals surface area contributed by atoms with Gasteiger partial charge >= 0.3 is 0 Å². The average Bonchev–Trinajstić information content (AvgIpc) is 3.69. The number of furan rings is 2. The van der Waals surface area contributed by atoms with Gasteiger partial charge in [0.05, 0.1) is 27.8 Å². The molecule has 3 heterocycles. The van der Waals surface area contributed by atoms with Crippen molar-refractivity contribution in [1.82, 2.24) is 4.90 Å². The van der Waals surface area contributed by atoms with Crippen LogP contribution in [0, 0.1) is 16.7 Å². The summed E-state index contributed by atoms with van der Waals surface area (Å²) in [6.45, 7) is 7.25. The number of hydrogen-bond acceptors (Lipinski definition) is 6. The standard InChI is InChI=1S/C29H27Cl2N3O3S/c1-28(2)17-11-12-29(28,3)24(14-17)32-33-27-34(16-19-6-5-13-36-19)26(35)23(38-27)15-18-9-10-22(37-18)20-7-4-8-21(30)25(20)31/h4-10,13,15,17H,11-12,14,16H2,1-3H3/b23-15-,32-24+,33-27+. The van der Waals surface area contributed by atoms with E-state index in [1.54, 1.807) is 35.4 Å². The van der Waals surface area contributed by atoms with Crippen LogP contribution in [-0.4, -0.2) is 21.7 Å². The SMILES string of the molecule is CC12CCC(C/C1=N\N=C1\S/C(=C\c3ccc(-c4cccc(Cl)c4Cl)o3)C(=O)N1Cc1ccco1)C2(C)C. The van der Waals surface area contributed by atoms with Gasteiger partial charge in [0, 0.05) is 22.8 Å². The highest BCUT2D eigenvalue weighted by Crippen LogP contribution is 2.64. The second-order valence-corrected chi connectivity index (χ2v) is 12.6. The molecule has 1 aliphatic heterocycles. The van der Waals surface area contributed by atoms with Crippen LogP contribution in [0.25, 0.3) is 17.4 Å². The number of rotatable bonds is 5. The topological polar surface area (TPSA) is 71.3 Å². The van der Waals surface area contributed by atoms with E-state index in [2.05, 4.69) is 25.9 Å². The molecule has 9 heteroatoms. The molecule has 6 rings (SSSR count). The van der Waals surface area contributed by atoms with Crippen molar-refractivity contribution in [2.45, 2.75) is 46.6 Å². The lowest BCUT2D eigenvalue weighted by atomic mass is 9.70. The monoisotopic (exact) mass is 567 g/mol. The third-order valence-corrected chi connectivity index (χ3v) is 10.5. The minimum atomic E-state index is -0.177. The molecule has 2 aliphatic carbocycles. The lowest BCUT2D eigenvalue weighted by Crippen LogP contribution is -2.32. The molecule has 3 fully saturated rings. The Kier molecular flexibility index (Phi) is 6.36. The first-order chi connectivity index (χ1) is 18.2. The molecule has 2 aromatic heterocycles. The van der Waals surface area contributed by atoms with Crippen LogP contribution in [0.5, 0.6) is 0 Å². The second-order valence-electron chi connectivity index (χ2n) is 10.8. The van der Waals surface area contributed by atoms with E-state index in [4.69, 9.17) is 37.1 Å². The fraction of sp³-hybridized carbons (Fsp3) is 0.345. The van der Waals surface area contributed by atoms with Gasteiger partial charge in [0.2, 0.25) is 0 Å². The Morgan fingerprint density at radius 2 is 1.97 bits per heavy atom. The highest BCUT2D eigenvalue weighted by molar-refractivity contribution is 8.18. The number of fused-ring (bicyclic) bond motifs is 2. The van der Waals surface area contributed by atoms with E-state index in [0.29, 0.717) is 48.9 Å². The van der Waals surface area contributed by atoms with Crippen molar-refractivity contribution in [3.63, 3.8) is 0 Å². The third kappa shape index (κ3) is 4.16. The second kappa shape index (κ2) is 9.47. The molecule has 1 saturated heterocycles. The summed E-state index contributed by atoms with van der Waals surface area (Å²) in [6.07, 6.45) is 6.64. The molecule has 0 N–H and O–H groups in total. The number of amides is 1. The summed E-state index contributed by atoms with van der Waals surface area (Å²) in [4.78, 5) is 15.6. The average molecular weight is 569 g/mol. The van der Waals surface area contributed by atoms with Crippen LogP contribution < -0.4 is 0 Å². The number of carbonyl (C=O) groups is 1. The number of thioether (sulfide) groups is 1. The van der Waals surface area contributed by atoms with E-state index in [1.165, 1.54) is 18.2 Å². The molecular formula is C29H27Cl2N3O3S. The van der Waals surface area contributed by atoms with Crippen LogP contribution in [0.15, 0.2) is 72.7 Å². The number of benzene rings is 1. The van der Waals surface area contributed by atoms with Gasteiger partial charge in [0.15, 0.2) is 5.17 Å². The largest absolute Gasteiger partial charge is 0.467 e. The Hall–Kier alpha value is -2.74. The maximum Gasteiger partial charge on any atom is 0.267 e. The molecule has 1 aromatic carbocycles. The molecule has 1 amide bonds. The van der Waals surface area contributed by atoms with Crippen molar-refractivity contribution in [3.05, 3.63) is 75.2 Å². The first-order valence-electron chi connectivity index (χ1n) is 12.6. The molecule has 2 unspecified atom stereocenters. The first kappa shape index (κ1) is 25.5. The summed E-state index contributed by atoms with van der Waals surface area (Å²) in [6, 6.07) is 12.6. The van der Waals surface area contributed by atoms with Gasteiger partial charge in [0.25, 0.3) is 5.91 Å². The van der Waals surface area contributed by atoms with E-state index in [9.17, 15) is 4.79 Å². The van der Waals surface area contributed by atoms with Crippen LogP contribution in [0.1, 0.15) is 51.6 Å². The molecule has 6 nitrogen and oxygen atoms in total. The molecule has 2 atom stereocenters. The van der Waals surface area contributed by atoms with Crippen LogP contribution in [0.2, 0.25) is 10.0 Å². The van der Waals surface area contributed by atoms with Crippen LogP contribution in [-0.2, 0) is 11.3 Å². The summed E-state index contributed by atoms with van der Waals surface area (Å²) in [5.74, 6) is 2.22. The molecule has 0 spiro atoms. The van der Waals surface area contributed by atoms with Crippen molar-refractivity contribution in [2.75, 3.05) is 0 Å². The molecule has 2 bridgehead atoms. The predicted octanol–water partition coefficient (Wildman–Crippen LogP) is 8.52. The van der Waals surface area contributed by atoms with Gasteiger partial charge in [-0.05, 0) is 78.8 Å². The third-order valence-electron chi connectivity index (χ3n) is 8.67. The van der Waals surface area contributed by atoms with Gasteiger partial charge in [-0.15, -0.1) is 5.10 Å². The van der Waals surface area contributed by atoms with Gasteiger partial charge in [-0.2, -0.15) is 5.10 Å². The molecular weight excluding hydrogens is 541 g/mol. The van der Waals surface area contributed by atoms with E-state index in [1.807, 2.05) is 24.3 Å². The maximum atomic E-state index is 13.5. The maximum absolute atomic E-state index is 13.5. The van der Waals surface area contributed by atoms with Crippen molar-refractivity contribution < 1.29 is 13.6 Å². The van der Waals surface area contributed by atoms with Crippen LogP contribution in [0.4, 0.5) is 0 Å².